The lowest BCUT2D eigenvalue weighted by Crippen LogP contribution is -1.98. The van der Waals surface area contributed by atoms with Crippen molar-refractivity contribution < 1.29 is 9.15 Å². The van der Waals surface area contributed by atoms with Crippen LogP contribution >= 0.6 is 11.6 Å². The number of rotatable bonds is 4. The smallest absolute Gasteiger partial charge is 0.226 e. The van der Waals surface area contributed by atoms with Crippen LogP contribution < -0.4 is 4.74 Å². The summed E-state index contributed by atoms with van der Waals surface area (Å²) >= 11 is 5.82. The molecule has 0 aliphatic heterocycles. The third kappa shape index (κ3) is 3.28. The summed E-state index contributed by atoms with van der Waals surface area (Å²) in [7, 11) is 0. The Labute approximate surface area is 133 Å². The van der Waals surface area contributed by atoms with E-state index in [0.29, 0.717) is 23.4 Å². The highest BCUT2D eigenvalue weighted by Crippen LogP contribution is 2.22. The number of nitrogens with zero attached hydrogens (tertiary/aromatic N) is 2. The predicted molar refractivity (Wildman–Crippen MR) is 85.0 cm³/mol. The number of benzene rings is 1. The lowest BCUT2D eigenvalue weighted by molar-refractivity contribution is 0.297. The molecule has 0 aliphatic carbocycles. The van der Waals surface area contributed by atoms with Crippen molar-refractivity contribution >= 4 is 11.6 Å². The Bertz CT molecular complexity index is 782. The highest BCUT2D eigenvalue weighted by atomic mass is 35.5. The predicted octanol–water partition coefficient (Wildman–Crippen LogP) is 4.59. The van der Waals surface area contributed by atoms with Crippen LogP contribution in [0.3, 0.4) is 0 Å². The van der Waals surface area contributed by atoms with Gasteiger partial charge in [0.15, 0.2) is 0 Å². The van der Waals surface area contributed by atoms with Gasteiger partial charge in [0.25, 0.3) is 0 Å². The van der Waals surface area contributed by atoms with Gasteiger partial charge in [-0.3, -0.25) is 0 Å². The molecule has 2 aromatic heterocycles. The van der Waals surface area contributed by atoms with Crippen LogP contribution in [0.25, 0.3) is 11.5 Å². The first-order valence-electron chi connectivity index (χ1n) is 6.88. The van der Waals surface area contributed by atoms with E-state index in [4.69, 9.17) is 20.8 Å². The van der Waals surface area contributed by atoms with Gasteiger partial charge in [0.05, 0.1) is 6.20 Å². The Morgan fingerprint density at radius 3 is 2.68 bits per heavy atom. The number of oxazole rings is 1. The SMILES string of the molecule is Cc1ccc(-c2nc(COc3cnc(Cl)cc3C)co2)cc1. The normalized spacial score (nSPS) is 10.7. The number of aromatic nitrogens is 2. The molecule has 0 unspecified atom stereocenters. The Kier molecular flexibility index (Phi) is 4.11. The number of hydrogen-bond donors (Lipinski definition) is 0. The van der Waals surface area contributed by atoms with Gasteiger partial charge in [-0.15, -0.1) is 0 Å². The van der Waals surface area contributed by atoms with Crippen LogP contribution in [0.5, 0.6) is 5.75 Å². The molecule has 0 fully saturated rings. The molecular weight excluding hydrogens is 300 g/mol. The van der Waals surface area contributed by atoms with E-state index < -0.39 is 0 Å². The molecule has 112 valence electrons. The van der Waals surface area contributed by atoms with E-state index >= 15 is 0 Å². The van der Waals surface area contributed by atoms with Crippen LogP contribution in [0.4, 0.5) is 0 Å². The van der Waals surface area contributed by atoms with Crippen molar-refractivity contribution in [2.24, 2.45) is 0 Å². The molecule has 0 radical (unpaired) electrons. The third-order valence-corrected chi connectivity index (χ3v) is 3.46. The molecule has 0 aliphatic rings. The summed E-state index contributed by atoms with van der Waals surface area (Å²) in [6.07, 6.45) is 3.21. The topological polar surface area (TPSA) is 48.2 Å². The molecular formula is C17H15ClN2O2. The van der Waals surface area contributed by atoms with Crippen LogP contribution in [0, 0.1) is 13.8 Å². The van der Waals surface area contributed by atoms with Crippen LogP contribution in [0.2, 0.25) is 5.15 Å². The van der Waals surface area contributed by atoms with Crippen molar-refractivity contribution in [1.29, 1.82) is 0 Å². The monoisotopic (exact) mass is 314 g/mol. The first-order valence-corrected chi connectivity index (χ1v) is 7.26. The summed E-state index contributed by atoms with van der Waals surface area (Å²) < 4.78 is 11.2. The first kappa shape index (κ1) is 14.6. The van der Waals surface area contributed by atoms with Gasteiger partial charge in [0.2, 0.25) is 5.89 Å². The number of hydrogen-bond acceptors (Lipinski definition) is 4. The van der Waals surface area contributed by atoms with Crippen molar-refractivity contribution in [2.75, 3.05) is 0 Å². The molecule has 0 amide bonds. The summed E-state index contributed by atoms with van der Waals surface area (Å²) in [5.41, 5.74) is 3.80. The molecule has 1 aromatic carbocycles. The standard InChI is InChI=1S/C17H15ClN2O2/c1-11-3-5-13(6-4-11)17-20-14(10-22-17)9-21-15-8-19-16(18)7-12(15)2/h3-8,10H,9H2,1-2H3. The molecule has 3 aromatic rings. The second-order valence-electron chi connectivity index (χ2n) is 5.07. The minimum atomic E-state index is 0.319. The van der Waals surface area contributed by atoms with E-state index in [-0.39, 0.29) is 0 Å². The Balaban J connectivity index is 1.70. The van der Waals surface area contributed by atoms with Crippen LogP contribution in [-0.4, -0.2) is 9.97 Å². The van der Waals surface area contributed by atoms with Crippen molar-refractivity contribution in [3.8, 4) is 17.2 Å². The molecule has 4 nitrogen and oxygen atoms in total. The van der Waals surface area contributed by atoms with Gasteiger partial charge in [0.1, 0.15) is 29.5 Å². The lowest BCUT2D eigenvalue weighted by atomic mass is 10.1. The molecule has 22 heavy (non-hydrogen) atoms. The molecule has 3 rings (SSSR count). The van der Waals surface area contributed by atoms with E-state index in [9.17, 15) is 0 Å². The summed E-state index contributed by atoms with van der Waals surface area (Å²) in [4.78, 5) is 8.44. The number of pyridine rings is 1. The fourth-order valence-electron chi connectivity index (χ4n) is 2.01. The van der Waals surface area contributed by atoms with Crippen molar-refractivity contribution in [1.82, 2.24) is 9.97 Å². The maximum Gasteiger partial charge on any atom is 0.226 e. The second kappa shape index (κ2) is 6.20. The summed E-state index contributed by atoms with van der Waals surface area (Å²) in [6.45, 7) is 4.28. The zero-order valence-electron chi connectivity index (χ0n) is 12.3. The van der Waals surface area contributed by atoms with Gasteiger partial charge in [-0.05, 0) is 37.6 Å². The zero-order valence-corrected chi connectivity index (χ0v) is 13.1. The molecule has 0 saturated carbocycles. The molecule has 2 heterocycles. The average molecular weight is 315 g/mol. The quantitative estimate of drug-likeness (QED) is 0.661. The Morgan fingerprint density at radius 1 is 1.18 bits per heavy atom. The molecule has 0 N–H and O–H groups in total. The number of aryl methyl sites for hydroxylation is 2. The van der Waals surface area contributed by atoms with E-state index in [1.807, 2.05) is 38.1 Å². The maximum atomic E-state index is 5.82. The van der Waals surface area contributed by atoms with E-state index in [1.165, 1.54) is 5.56 Å². The van der Waals surface area contributed by atoms with Gasteiger partial charge in [-0.25, -0.2) is 9.97 Å². The van der Waals surface area contributed by atoms with Gasteiger partial charge >= 0.3 is 0 Å². The van der Waals surface area contributed by atoms with E-state index in [2.05, 4.69) is 9.97 Å². The molecule has 0 atom stereocenters. The second-order valence-corrected chi connectivity index (χ2v) is 5.46. The molecule has 0 saturated heterocycles. The average Bonchev–Trinajstić information content (AvgIpc) is 2.96. The molecule has 0 spiro atoms. The fraction of sp³-hybridized carbons (Fsp3) is 0.176. The largest absolute Gasteiger partial charge is 0.485 e. The van der Waals surface area contributed by atoms with E-state index in [1.54, 1.807) is 18.5 Å². The minimum Gasteiger partial charge on any atom is -0.485 e. The Morgan fingerprint density at radius 2 is 1.95 bits per heavy atom. The number of halogens is 1. The lowest BCUT2D eigenvalue weighted by Gasteiger charge is -2.06. The summed E-state index contributed by atoms with van der Waals surface area (Å²) in [5, 5.41) is 0.452. The Hall–Kier alpha value is -2.33. The number of ether oxygens (including phenoxy) is 1. The highest BCUT2D eigenvalue weighted by molar-refractivity contribution is 6.29. The fourth-order valence-corrected chi connectivity index (χ4v) is 2.23. The van der Waals surface area contributed by atoms with E-state index in [0.717, 1.165) is 16.8 Å². The van der Waals surface area contributed by atoms with Gasteiger partial charge in [-0.1, -0.05) is 29.3 Å². The van der Waals surface area contributed by atoms with Crippen molar-refractivity contribution in [3.05, 3.63) is 64.8 Å². The molecule has 5 heteroatoms. The van der Waals surface area contributed by atoms with Crippen molar-refractivity contribution in [3.63, 3.8) is 0 Å². The third-order valence-electron chi connectivity index (χ3n) is 3.26. The van der Waals surface area contributed by atoms with Crippen LogP contribution in [-0.2, 0) is 6.61 Å². The van der Waals surface area contributed by atoms with Crippen LogP contribution in [0.1, 0.15) is 16.8 Å². The van der Waals surface area contributed by atoms with Gasteiger partial charge in [-0.2, -0.15) is 0 Å². The van der Waals surface area contributed by atoms with Crippen LogP contribution in [0.15, 0.2) is 47.2 Å². The van der Waals surface area contributed by atoms with Crippen molar-refractivity contribution in [2.45, 2.75) is 20.5 Å². The summed E-state index contributed by atoms with van der Waals surface area (Å²) in [6, 6.07) is 9.78. The van der Waals surface area contributed by atoms with Gasteiger partial charge in [0, 0.05) is 5.56 Å². The first-order chi connectivity index (χ1) is 10.6. The minimum absolute atomic E-state index is 0.319. The molecule has 0 bridgehead atoms. The highest BCUT2D eigenvalue weighted by Gasteiger charge is 2.08. The van der Waals surface area contributed by atoms with Gasteiger partial charge < -0.3 is 9.15 Å². The summed E-state index contributed by atoms with van der Waals surface area (Å²) in [5.74, 6) is 1.27. The maximum absolute atomic E-state index is 5.82. The zero-order chi connectivity index (χ0) is 15.5.